The number of hydrogen-bond acceptors (Lipinski definition) is 6. The van der Waals surface area contributed by atoms with Crippen molar-refractivity contribution in [3.8, 4) is 5.75 Å². The molecule has 0 radical (unpaired) electrons. The van der Waals surface area contributed by atoms with E-state index < -0.39 is 12.1 Å². The van der Waals surface area contributed by atoms with Gasteiger partial charge in [-0.15, -0.1) is 0 Å². The number of methoxy groups -OCH3 is 1. The molecule has 0 heterocycles. The van der Waals surface area contributed by atoms with Crippen molar-refractivity contribution in [2.45, 2.75) is 31.9 Å². The molecule has 156 valence electrons. The van der Waals surface area contributed by atoms with E-state index in [2.05, 4.69) is 29.1 Å². The van der Waals surface area contributed by atoms with Crippen LogP contribution < -0.4 is 15.8 Å². The molecular formula is C23H30N2O4. The fourth-order valence-electron chi connectivity index (χ4n) is 2.74. The molecule has 2 aromatic carbocycles. The number of carbonyl (C=O) groups excluding carboxylic acids is 1. The van der Waals surface area contributed by atoms with E-state index in [1.165, 1.54) is 18.7 Å². The zero-order valence-corrected chi connectivity index (χ0v) is 17.0. The predicted molar refractivity (Wildman–Crippen MR) is 114 cm³/mol. The van der Waals surface area contributed by atoms with E-state index in [4.69, 9.17) is 10.5 Å². The fourth-order valence-corrected chi connectivity index (χ4v) is 2.74. The Kier molecular flexibility index (Phi) is 9.21. The molecule has 0 fully saturated rings. The SMILES string of the molecule is COC(=O)C(N)=Cc1ccc(OCC(O)CNC(C)CCc2ccccc2)cc1. The van der Waals surface area contributed by atoms with Gasteiger partial charge >= 0.3 is 5.97 Å². The highest BCUT2D eigenvalue weighted by molar-refractivity contribution is 5.92. The first-order valence-electron chi connectivity index (χ1n) is 9.71. The van der Waals surface area contributed by atoms with Crippen LogP contribution in [0, 0.1) is 0 Å². The Hall–Kier alpha value is -2.83. The second-order valence-corrected chi connectivity index (χ2v) is 6.96. The lowest BCUT2D eigenvalue weighted by Crippen LogP contribution is -2.36. The minimum absolute atomic E-state index is 0.0315. The van der Waals surface area contributed by atoms with Crippen LogP contribution in [-0.2, 0) is 16.0 Å². The van der Waals surface area contributed by atoms with Gasteiger partial charge in [-0.1, -0.05) is 42.5 Å². The number of esters is 1. The van der Waals surface area contributed by atoms with Crippen molar-refractivity contribution in [2.75, 3.05) is 20.3 Å². The lowest BCUT2D eigenvalue weighted by Gasteiger charge is -2.17. The van der Waals surface area contributed by atoms with Crippen LogP contribution in [0.25, 0.3) is 6.08 Å². The standard InChI is InChI=1S/C23H30N2O4/c1-17(8-9-18-6-4-3-5-7-18)25-15-20(26)16-29-21-12-10-19(11-13-21)14-22(24)23(27)28-2/h3-7,10-14,17,20,25-26H,8-9,15-16,24H2,1-2H3. The summed E-state index contributed by atoms with van der Waals surface area (Å²) in [7, 11) is 1.28. The van der Waals surface area contributed by atoms with Gasteiger partial charge in [0.2, 0.25) is 0 Å². The zero-order chi connectivity index (χ0) is 21.1. The smallest absolute Gasteiger partial charge is 0.353 e. The summed E-state index contributed by atoms with van der Waals surface area (Å²) in [6, 6.07) is 17.7. The van der Waals surface area contributed by atoms with E-state index in [9.17, 15) is 9.90 Å². The molecule has 0 aliphatic rings. The summed E-state index contributed by atoms with van der Waals surface area (Å²) in [6.45, 7) is 2.77. The van der Waals surface area contributed by atoms with Crippen molar-refractivity contribution in [1.82, 2.24) is 5.32 Å². The number of carbonyl (C=O) groups is 1. The molecule has 0 saturated heterocycles. The third-order valence-corrected chi connectivity index (χ3v) is 4.48. The average Bonchev–Trinajstić information content (AvgIpc) is 2.75. The summed E-state index contributed by atoms with van der Waals surface area (Å²) in [5, 5.41) is 13.5. The highest BCUT2D eigenvalue weighted by Gasteiger charge is 2.09. The first-order chi connectivity index (χ1) is 14.0. The molecule has 2 unspecified atom stereocenters. The van der Waals surface area contributed by atoms with Crippen LogP contribution in [0.4, 0.5) is 0 Å². The Morgan fingerprint density at radius 3 is 2.52 bits per heavy atom. The summed E-state index contributed by atoms with van der Waals surface area (Å²) in [5.74, 6) is 0.0638. The number of hydrogen-bond donors (Lipinski definition) is 3. The van der Waals surface area contributed by atoms with Crippen LogP contribution in [0.3, 0.4) is 0 Å². The summed E-state index contributed by atoms with van der Waals surface area (Å²) < 4.78 is 10.2. The maximum atomic E-state index is 11.3. The van der Waals surface area contributed by atoms with Crippen LogP contribution in [0.5, 0.6) is 5.75 Å². The number of rotatable bonds is 11. The zero-order valence-electron chi connectivity index (χ0n) is 17.0. The van der Waals surface area contributed by atoms with Gasteiger partial charge in [0.15, 0.2) is 0 Å². The van der Waals surface area contributed by atoms with Crippen LogP contribution in [0.1, 0.15) is 24.5 Å². The summed E-state index contributed by atoms with van der Waals surface area (Å²) in [4.78, 5) is 11.3. The van der Waals surface area contributed by atoms with Crippen LogP contribution in [0.2, 0.25) is 0 Å². The van der Waals surface area contributed by atoms with Gasteiger partial charge in [0, 0.05) is 12.6 Å². The Morgan fingerprint density at radius 2 is 1.86 bits per heavy atom. The van der Waals surface area contributed by atoms with Gasteiger partial charge < -0.3 is 25.6 Å². The van der Waals surface area contributed by atoms with Gasteiger partial charge in [-0.05, 0) is 49.1 Å². The fraction of sp³-hybridized carbons (Fsp3) is 0.348. The Balaban J connectivity index is 1.69. The maximum Gasteiger partial charge on any atom is 0.353 e. The van der Waals surface area contributed by atoms with E-state index in [1.54, 1.807) is 24.3 Å². The number of aliphatic hydroxyl groups excluding tert-OH is 1. The Morgan fingerprint density at radius 1 is 1.17 bits per heavy atom. The van der Waals surface area contributed by atoms with E-state index >= 15 is 0 Å². The average molecular weight is 399 g/mol. The normalized spacial score (nSPS) is 13.6. The largest absolute Gasteiger partial charge is 0.491 e. The molecule has 2 atom stereocenters. The summed E-state index contributed by atoms with van der Waals surface area (Å²) in [6.07, 6.45) is 2.93. The Labute approximate surface area is 172 Å². The molecule has 2 rings (SSSR count). The molecule has 0 amide bonds. The lowest BCUT2D eigenvalue weighted by molar-refractivity contribution is -0.136. The molecule has 6 heteroatoms. The molecule has 2 aromatic rings. The molecule has 0 saturated carbocycles. The van der Waals surface area contributed by atoms with Crippen molar-refractivity contribution >= 4 is 12.0 Å². The highest BCUT2D eigenvalue weighted by atomic mass is 16.5. The van der Waals surface area contributed by atoms with E-state index in [0.717, 1.165) is 18.4 Å². The van der Waals surface area contributed by atoms with Gasteiger partial charge in [-0.2, -0.15) is 0 Å². The number of nitrogens with two attached hydrogens (primary N) is 1. The number of aliphatic hydroxyl groups is 1. The second kappa shape index (κ2) is 11.9. The molecule has 29 heavy (non-hydrogen) atoms. The molecule has 6 nitrogen and oxygen atoms in total. The molecule has 0 bridgehead atoms. The minimum atomic E-state index is -0.608. The predicted octanol–water partition coefficient (Wildman–Crippen LogP) is 2.51. The third-order valence-electron chi connectivity index (χ3n) is 4.48. The van der Waals surface area contributed by atoms with E-state index in [-0.39, 0.29) is 12.3 Å². The molecule has 0 aliphatic heterocycles. The molecular weight excluding hydrogens is 368 g/mol. The van der Waals surface area contributed by atoms with Gasteiger partial charge in [0.25, 0.3) is 0 Å². The minimum Gasteiger partial charge on any atom is -0.491 e. The third kappa shape index (κ3) is 8.37. The van der Waals surface area contributed by atoms with Crippen molar-refractivity contribution < 1.29 is 19.4 Å². The lowest BCUT2D eigenvalue weighted by atomic mass is 10.1. The van der Waals surface area contributed by atoms with Gasteiger partial charge in [-0.3, -0.25) is 0 Å². The molecule has 4 N–H and O–H groups in total. The monoisotopic (exact) mass is 398 g/mol. The van der Waals surface area contributed by atoms with Gasteiger partial charge in [0.05, 0.1) is 7.11 Å². The van der Waals surface area contributed by atoms with Crippen LogP contribution in [-0.4, -0.2) is 43.5 Å². The number of nitrogens with one attached hydrogen (secondary N) is 1. The van der Waals surface area contributed by atoms with Gasteiger partial charge in [0.1, 0.15) is 24.2 Å². The maximum absolute atomic E-state index is 11.3. The number of ether oxygens (including phenoxy) is 2. The number of benzene rings is 2. The van der Waals surface area contributed by atoms with Crippen molar-refractivity contribution in [2.24, 2.45) is 5.73 Å². The topological polar surface area (TPSA) is 93.8 Å². The van der Waals surface area contributed by atoms with Crippen molar-refractivity contribution in [1.29, 1.82) is 0 Å². The first-order valence-corrected chi connectivity index (χ1v) is 9.71. The highest BCUT2D eigenvalue weighted by Crippen LogP contribution is 2.14. The van der Waals surface area contributed by atoms with Crippen LogP contribution >= 0.6 is 0 Å². The molecule has 0 aliphatic carbocycles. The quantitative estimate of drug-likeness (QED) is 0.398. The number of aryl methyl sites for hydroxylation is 1. The van der Waals surface area contributed by atoms with Crippen molar-refractivity contribution in [3.63, 3.8) is 0 Å². The summed E-state index contributed by atoms with van der Waals surface area (Å²) in [5.41, 5.74) is 7.73. The van der Waals surface area contributed by atoms with Crippen molar-refractivity contribution in [3.05, 3.63) is 71.4 Å². The van der Waals surface area contributed by atoms with Gasteiger partial charge in [-0.25, -0.2) is 4.79 Å². The first kappa shape index (κ1) is 22.5. The summed E-state index contributed by atoms with van der Waals surface area (Å²) >= 11 is 0. The van der Waals surface area contributed by atoms with Crippen LogP contribution in [0.15, 0.2) is 60.3 Å². The van der Waals surface area contributed by atoms with E-state index in [0.29, 0.717) is 18.3 Å². The Bertz CT molecular complexity index is 775. The van der Waals surface area contributed by atoms with E-state index in [1.807, 2.05) is 18.2 Å². The second-order valence-electron chi connectivity index (χ2n) is 6.96. The molecule has 0 aromatic heterocycles. The molecule has 0 spiro atoms.